The number of carbonyl (C=O) groups is 1. The minimum Gasteiger partial charge on any atom is -0.465 e. The zero-order valence-corrected chi connectivity index (χ0v) is 16.2. The van der Waals surface area contributed by atoms with E-state index in [9.17, 15) is 4.79 Å². The highest BCUT2D eigenvalue weighted by Crippen LogP contribution is 2.30. The Balaban J connectivity index is 1.43. The molecule has 4 aromatic rings. The van der Waals surface area contributed by atoms with Gasteiger partial charge in [0.05, 0.1) is 12.0 Å². The molecule has 2 aromatic carbocycles. The monoisotopic (exact) mass is 405 g/mol. The predicted molar refractivity (Wildman–Crippen MR) is 117 cm³/mol. The Hall–Kier alpha value is -3.29. The van der Waals surface area contributed by atoms with E-state index in [1.165, 1.54) is 17.4 Å². The maximum absolute atomic E-state index is 11.9. The summed E-state index contributed by atoms with van der Waals surface area (Å²) in [5, 5.41) is 10.6. The van der Waals surface area contributed by atoms with Crippen molar-refractivity contribution >= 4 is 56.6 Å². The highest BCUT2D eigenvalue weighted by Gasteiger charge is 2.09. The summed E-state index contributed by atoms with van der Waals surface area (Å²) in [7, 11) is 0. The normalized spacial score (nSPS) is 11.0. The van der Waals surface area contributed by atoms with Gasteiger partial charge in [-0.2, -0.15) is 0 Å². The number of thiocarbonyl (C=S) groups is 1. The van der Waals surface area contributed by atoms with Gasteiger partial charge in [0.1, 0.15) is 5.76 Å². The molecule has 0 radical (unpaired) electrons. The van der Waals surface area contributed by atoms with Gasteiger partial charge in [0.2, 0.25) is 5.91 Å². The summed E-state index contributed by atoms with van der Waals surface area (Å²) < 4.78 is 5.14. The van der Waals surface area contributed by atoms with Crippen molar-refractivity contribution in [3.05, 3.63) is 78.1 Å². The summed E-state index contributed by atoms with van der Waals surface area (Å²) in [5.41, 5.74) is 1.91. The summed E-state index contributed by atoms with van der Waals surface area (Å²) in [5.74, 6) is 0.244. The van der Waals surface area contributed by atoms with E-state index in [1.807, 2.05) is 29.6 Å². The minimum absolute atomic E-state index is 0.188. The Labute approximate surface area is 170 Å². The fourth-order valence-electron chi connectivity index (χ4n) is 2.73. The van der Waals surface area contributed by atoms with Gasteiger partial charge in [-0.1, -0.05) is 42.5 Å². The Bertz CT molecular complexity index is 1160. The quantitative estimate of drug-likeness (QED) is 0.366. The SMILES string of the molecule is O=C(C=Cc1ccco1)NC(=S)Nc1nc(-c2cccc3ccccc23)cs1. The first kappa shape index (κ1) is 18.1. The maximum atomic E-state index is 11.9. The highest BCUT2D eigenvalue weighted by atomic mass is 32.1. The molecule has 0 aliphatic heterocycles. The number of rotatable bonds is 4. The first-order valence-electron chi connectivity index (χ1n) is 8.46. The van der Waals surface area contributed by atoms with Crippen LogP contribution in [0.2, 0.25) is 0 Å². The molecule has 0 atom stereocenters. The van der Waals surface area contributed by atoms with Crippen molar-refractivity contribution in [1.82, 2.24) is 10.3 Å². The standard InChI is InChI=1S/C21H15N3O2S2/c25-19(11-10-15-7-4-12-26-15)23-20(27)24-21-22-18(13-28-21)17-9-3-6-14-5-1-2-8-16(14)17/h1-13H,(H2,22,23,24,25,27). The lowest BCUT2D eigenvalue weighted by molar-refractivity contribution is -0.115. The molecule has 0 bridgehead atoms. The molecule has 0 spiro atoms. The number of hydrogen-bond donors (Lipinski definition) is 2. The number of carbonyl (C=O) groups excluding carboxylic acids is 1. The molecule has 0 unspecified atom stereocenters. The van der Waals surface area contributed by atoms with Crippen LogP contribution in [0.1, 0.15) is 5.76 Å². The van der Waals surface area contributed by atoms with Gasteiger partial charge in [-0.3, -0.25) is 10.1 Å². The molecule has 138 valence electrons. The maximum Gasteiger partial charge on any atom is 0.250 e. The van der Waals surface area contributed by atoms with Crippen LogP contribution in [0.25, 0.3) is 28.1 Å². The number of thiazole rings is 1. The second-order valence-corrected chi connectivity index (χ2v) is 7.12. The molecule has 28 heavy (non-hydrogen) atoms. The van der Waals surface area contributed by atoms with E-state index < -0.39 is 0 Å². The van der Waals surface area contributed by atoms with E-state index >= 15 is 0 Å². The van der Waals surface area contributed by atoms with Gasteiger partial charge in [-0.05, 0) is 41.2 Å². The second-order valence-electron chi connectivity index (χ2n) is 5.86. The van der Waals surface area contributed by atoms with Crippen LogP contribution in [-0.4, -0.2) is 16.0 Å². The van der Waals surface area contributed by atoms with Crippen molar-refractivity contribution in [1.29, 1.82) is 0 Å². The summed E-state index contributed by atoms with van der Waals surface area (Å²) in [6.07, 6.45) is 4.47. The molecule has 1 amide bonds. The molecule has 7 heteroatoms. The number of anilines is 1. The fraction of sp³-hybridized carbons (Fsp3) is 0. The summed E-state index contributed by atoms with van der Waals surface area (Å²) >= 11 is 6.62. The van der Waals surface area contributed by atoms with Crippen LogP contribution in [0, 0.1) is 0 Å². The highest BCUT2D eigenvalue weighted by molar-refractivity contribution is 7.80. The lowest BCUT2D eigenvalue weighted by Gasteiger charge is -2.05. The number of nitrogens with one attached hydrogen (secondary N) is 2. The third kappa shape index (κ3) is 4.16. The van der Waals surface area contributed by atoms with Gasteiger partial charge in [0.25, 0.3) is 0 Å². The predicted octanol–water partition coefficient (Wildman–Crippen LogP) is 5.08. The number of hydrogen-bond acceptors (Lipinski definition) is 5. The summed E-state index contributed by atoms with van der Waals surface area (Å²) in [6, 6.07) is 17.8. The van der Waals surface area contributed by atoms with Gasteiger partial charge in [-0.15, -0.1) is 11.3 Å². The van der Waals surface area contributed by atoms with Crippen LogP contribution in [-0.2, 0) is 4.79 Å². The molecular weight excluding hydrogens is 390 g/mol. The molecule has 0 aliphatic rings. The van der Waals surface area contributed by atoms with Crippen molar-refractivity contribution in [2.45, 2.75) is 0 Å². The average molecular weight is 406 g/mol. The molecule has 2 heterocycles. The molecular formula is C21H15N3O2S2. The number of amides is 1. The Kier molecular flexibility index (Phi) is 5.27. The molecule has 0 aliphatic carbocycles. The van der Waals surface area contributed by atoms with Gasteiger partial charge in [0, 0.05) is 17.0 Å². The van der Waals surface area contributed by atoms with E-state index in [1.54, 1.807) is 24.5 Å². The van der Waals surface area contributed by atoms with Crippen LogP contribution in [0.15, 0.2) is 76.7 Å². The Morgan fingerprint density at radius 2 is 1.96 bits per heavy atom. The first-order valence-corrected chi connectivity index (χ1v) is 9.75. The van der Waals surface area contributed by atoms with Crippen LogP contribution in [0.3, 0.4) is 0 Å². The van der Waals surface area contributed by atoms with Crippen LogP contribution < -0.4 is 10.6 Å². The molecule has 4 rings (SSSR count). The van der Waals surface area contributed by atoms with Gasteiger partial charge < -0.3 is 9.73 Å². The lowest BCUT2D eigenvalue weighted by atomic mass is 10.0. The average Bonchev–Trinajstić information content (AvgIpc) is 3.38. The van der Waals surface area contributed by atoms with E-state index in [-0.39, 0.29) is 11.0 Å². The van der Waals surface area contributed by atoms with Crippen molar-refractivity contribution in [2.24, 2.45) is 0 Å². The smallest absolute Gasteiger partial charge is 0.250 e. The van der Waals surface area contributed by atoms with E-state index in [0.29, 0.717) is 10.9 Å². The Morgan fingerprint density at radius 1 is 1.11 bits per heavy atom. The molecule has 0 fully saturated rings. The summed E-state index contributed by atoms with van der Waals surface area (Å²) in [4.78, 5) is 16.5. The second kappa shape index (κ2) is 8.16. The molecule has 2 aromatic heterocycles. The topological polar surface area (TPSA) is 67.2 Å². The number of furan rings is 1. The summed E-state index contributed by atoms with van der Waals surface area (Å²) in [6.45, 7) is 0. The van der Waals surface area contributed by atoms with Crippen LogP contribution >= 0.6 is 23.6 Å². The lowest BCUT2D eigenvalue weighted by Crippen LogP contribution is -2.32. The van der Waals surface area contributed by atoms with Crippen molar-refractivity contribution in [3.8, 4) is 11.3 Å². The number of nitrogens with zero attached hydrogens (tertiary/aromatic N) is 1. The molecule has 2 N–H and O–H groups in total. The van der Waals surface area contributed by atoms with Crippen LogP contribution in [0.5, 0.6) is 0 Å². The Morgan fingerprint density at radius 3 is 2.82 bits per heavy atom. The zero-order valence-electron chi connectivity index (χ0n) is 14.6. The number of fused-ring (bicyclic) bond motifs is 1. The van der Waals surface area contributed by atoms with Crippen molar-refractivity contribution < 1.29 is 9.21 Å². The van der Waals surface area contributed by atoms with Gasteiger partial charge in [-0.25, -0.2) is 4.98 Å². The number of aromatic nitrogens is 1. The van der Waals surface area contributed by atoms with Gasteiger partial charge in [0.15, 0.2) is 10.2 Å². The zero-order chi connectivity index (χ0) is 19.3. The van der Waals surface area contributed by atoms with Crippen LogP contribution in [0.4, 0.5) is 5.13 Å². The van der Waals surface area contributed by atoms with Crippen molar-refractivity contribution in [2.75, 3.05) is 5.32 Å². The molecule has 0 saturated carbocycles. The molecule has 0 saturated heterocycles. The third-order valence-electron chi connectivity index (χ3n) is 3.97. The van der Waals surface area contributed by atoms with Crippen molar-refractivity contribution in [3.63, 3.8) is 0 Å². The molecule has 5 nitrogen and oxygen atoms in total. The van der Waals surface area contributed by atoms with E-state index in [4.69, 9.17) is 16.6 Å². The fourth-order valence-corrected chi connectivity index (χ4v) is 3.71. The van der Waals surface area contributed by atoms with E-state index in [2.05, 4.69) is 33.8 Å². The minimum atomic E-state index is -0.347. The first-order chi connectivity index (χ1) is 13.7. The largest absolute Gasteiger partial charge is 0.465 e. The number of benzene rings is 2. The van der Waals surface area contributed by atoms with E-state index in [0.717, 1.165) is 22.0 Å². The van der Waals surface area contributed by atoms with Gasteiger partial charge >= 0.3 is 0 Å². The third-order valence-corrected chi connectivity index (χ3v) is 4.93.